The van der Waals surface area contributed by atoms with Crippen LogP contribution in [0.2, 0.25) is 0 Å². The van der Waals surface area contributed by atoms with Crippen molar-refractivity contribution in [1.82, 2.24) is 20.1 Å². The molecule has 0 bridgehead atoms. The number of aryl methyl sites for hydroxylation is 1. The van der Waals surface area contributed by atoms with Crippen molar-refractivity contribution in [2.24, 2.45) is 7.05 Å². The van der Waals surface area contributed by atoms with Crippen LogP contribution in [-0.4, -0.2) is 52.4 Å². The van der Waals surface area contributed by atoms with Gasteiger partial charge in [-0.05, 0) is 36.9 Å². The molecule has 2 unspecified atom stereocenters. The maximum atomic E-state index is 12.8. The minimum absolute atomic E-state index is 0.174. The Kier molecular flexibility index (Phi) is 5.41. The van der Waals surface area contributed by atoms with Crippen molar-refractivity contribution in [2.45, 2.75) is 25.4 Å². The van der Waals surface area contributed by atoms with Gasteiger partial charge >= 0.3 is 0 Å². The number of nitrogens with zero attached hydrogens (tertiary/aromatic N) is 2. The highest BCUT2D eigenvalue weighted by Gasteiger charge is 2.40. The molecule has 3 amide bonds. The van der Waals surface area contributed by atoms with Gasteiger partial charge in [-0.1, -0.05) is 6.07 Å². The molecule has 1 fully saturated rings. The molecule has 3 heterocycles. The summed E-state index contributed by atoms with van der Waals surface area (Å²) in [5.41, 5.74) is 0.544. The van der Waals surface area contributed by atoms with Crippen LogP contribution in [0, 0.1) is 0 Å². The number of hydrogen-bond acceptors (Lipinski definition) is 4. The fraction of sp³-hybridized carbons (Fsp3) is 0.389. The van der Waals surface area contributed by atoms with E-state index in [1.165, 1.54) is 11.3 Å². The van der Waals surface area contributed by atoms with Gasteiger partial charge in [-0.2, -0.15) is 0 Å². The van der Waals surface area contributed by atoms with E-state index in [0.29, 0.717) is 30.1 Å². The molecular formula is C18H22N4O3S. The van der Waals surface area contributed by atoms with Crippen LogP contribution >= 0.6 is 11.3 Å². The topological polar surface area (TPSA) is 83.4 Å². The molecular weight excluding hydrogens is 352 g/mol. The number of nitrogens with one attached hydrogen (secondary N) is 2. The van der Waals surface area contributed by atoms with Crippen LogP contribution in [0.4, 0.5) is 0 Å². The van der Waals surface area contributed by atoms with Gasteiger partial charge in [0.2, 0.25) is 5.91 Å². The zero-order valence-corrected chi connectivity index (χ0v) is 15.6. The first kappa shape index (κ1) is 18.2. The molecule has 26 heavy (non-hydrogen) atoms. The van der Waals surface area contributed by atoms with E-state index < -0.39 is 6.04 Å². The zero-order valence-electron chi connectivity index (χ0n) is 14.8. The average Bonchev–Trinajstić information content (AvgIpc) is 3.34. The molecule has 0 saturated carbocycles. The molecule has 0 aromatic carbocycles. The predicted molar refractivity (Wildman–Crippen MR) is 99.1 cm³/mol. The summed E-state index contributed by atoms with van der Waals surface area (Å²) in [7, 11) is 1.80. The third-order valence-corrected chi connectivity index (χ3v) is 5.32. The van der Waals surface area contributed by atoms with E-state index in [2.05, 4.69) is 10.6 Å². The third kappa shape index (κ3) is 3.65. The number of carbonyl (C=O) groups is 3. The van der Waals surface area contributed by atoms with Crippen molar-refractivity contribution >= 4 is 29.1 Å². The minimum Gasteiger partial charge on any atom is -0.355 e. The number of hydrogen-bond donors (Lipinski definition) is 2. The number of likely N-dealkylation sites (tertiary alicyclic amines) is 1. The van der Waals surface area contributed by atoms with Crippen LogP contribution in [0.25, 0.3) is 0 Å². The lowest BCUT2D eigenvalue weighted by atomic mass is 10.1. The summed E-state index contributed by atoms with van der Waals surface area (Å²) in [5, 5.41) is 7.56. The number of aromatic nitrogens is 1. The van der Waals surface area contributed by atoms with E-state index >= 15 is 0 Å². The highest BCUT2D eigenvalue weighted by atomic mass is 32.1. The van der Waals surface area contributed by atoms with E-state index in [1.807, 2.05) is 18.4 Å². The first-order chi connectivity index (χ1) is 12.5. The minimum atomic E-state index is -0.580. The molecule has 2 aromatic heterocycles. The molecule has 0 spiro atoms. The Hall–Kier alpha value is -2.61. The van der Waals surface area contributed by atoms with Crippen molar-refractivity contribution in [3.05, 3.63) is 46.4 Å². The van der Waals surface area contributed by atoms with E-state index in [-0.39, 0.29) is 23.8 Å². The maximum absolute atomic E-state index is 12.8. The molecule has 2 aromatic rings. The number of thiophene rings is 1. The van der Waals surface area contributed by atoms with Gasteiger partial charge < -0.3 is 20.1 Å². The fourth-order valence-electron chi connectivity index (χ4n) is 3.20. The Labute approximate surface area is 156 Å². The first-order valence-electron chi connectivity index (χ1n) is 8.55. The molecule has 0 radical (unpaired) electrons. The second kappa shape index (κ2) is 7.74. The standard InChI is InChI=1S/C18H22N4O3S/c1-3-19-16(23)14-10-12(20-17(24)13-6-4-8-21(13)2)11-22(14)18(25)15-7-5-9-26-15/h4-9,12,14H,3,10-11H2,1-2H3,(H,19,23)(H,20,24). The van der Waals surface area contributed by atoms with Gasteiger partial charge in [-0.25, -0.2) is 0 Å². The van der Waals surface area contributed by atoms with E-state index in [4.69, 9.17) is 0 Å². The van der Waals surface area contributed by atoms with Crippen LogP contribution in [0.15, 0.2) is 35.8 Å². The number of rotatable bonds is 5. The molecule has 2 atom stereocenters. The largest absolute Gasteiger partial charge is 0.355 e. The van der Waals surface area contributed by atoms with Crippen molar-refractivity contribution in [2.75, 3.05) is 13.1 Å². The van der Waals surface area contributed by atoms with Crippen LogP contribution in [0.1, 0.15) is 33.5 Å². The number of carbonyl (C=O) groups excluding carboxylic acids is 3. The molecule has 8 heteroatoms. The lowest BCUT2D eigenvalue weighted by molar-refractivity contribution is -0.124. The van der Waals surface area contributed by atoms with Gasteiger partial charge in [0.25, 0.3) is 11.8 Å². The highest BCUT2D eigenvalue weighted by molar-refractivity contribution is 7.12. The molecule has 1 aliphatic heterocycles. The second-order valence-electron chi connectivity index (χ2n) is 6.26. The molecule has 3 rings (SSSR count). The van der Waals surface area contributed by atoms with Crippen LogP contribution in [0.3, 0.4) is 0 Å². The van der Waals surface area contributed by atoms with Gasteiger partial charge in [-0.3, -0.25) is 14.4 Å². The number of amides is 3. The SMILES string of the molecule is CCNC(=O)C1CC(NC(=O)c2cccn2C)CN1C(=O)c1cccs1. The monoisotopic (exact) mass is 374 g/mol. The Balaban J connectivity index is 1.75. The summed E-state index contributed by atoms with van der Waals surface area (Å²) in [4.78, 5) is 39.8. The van der Waals surface area contributed by atoms with E-state index in [1.54, 1.807) is 40.9 Å². The van der Waals surface area contributed by atoms with E-state index in [0.717, 1.165) is 0 Å². The summed E-state index contributed by atoms with van der Waals surface area (Å²) in [6.07, 6.45) is 2.20. The molecule has 1 aliphatic rings. The second-order valence-corrected chi connectivity index (χ2v) is 7.20. The lowest BCUT2D eigenvalue weighted by Crippen LogP contribution is -2.45. The van der Waals surface area contributed by atoms with Gasteiger partial charge in [0.15, 0.2) is 0 Å². The summed E-state index contributed by atoms with van der Waals surface area (Å²) in [6, 6.07) is 6.24. The Bertz CT molecular complexity index is 799. The summed E-state index contributed by atoms with van der Waals surface area (Å²) in [5.74, 6) is -0.567. The summed E-state index contributed by atoms with van der Waals surface area (Å²) in [6.45, 7) is 2.65. The van der Waals surface area contributed by atoms with Crippen molar-refractivity contribution < 1.29 is 14.4 Å². The molecule has 2 N–H and O–H groups in total. The molecule has 0 aliphatic carbocycles. The predicted octanol–water partition coefficient (Wildman–Crippen LogP) is 1.24. The maximum Gasteiger partial charge on any atom is 0.268 e. The van der Waals surface area contributed by atoms with Gasteiger partial charge in [0, 0.05) is 32.4 Å². The van der Waals surface area contributed by atoms with Crippen molar-refractivity contribution in [3.8, 4) is 0 Å². The smallest absolute Gasteiger partial charge is 0.268 e. The summed E-state index contributed by atoms with van der Waals surface area (Å²) >= 11 is 1.35. The zero-order chi connectivity index (χ0) is 18.7. The van der Waals surface area contributed by atoms with Gasteiger partial charge in [0.1, 0.15) is 11.7 Å². The third-order valence-electron chi connectivity index (χ3n) is 4.46. The Morgan fingerprint density at radius 1 is 1.27 bits per heavy atom. The molecule has 1 saturated heterocycles. The van der Waals surface area contributed by atoms with Gasteiger partial charge in [-0.15, -0.1) is 11.3 Å². The normalized spacial score (nSPS) is 19.4. The lowest BCUT2D eigenvalue weighted by Gasteiger charge is -2.23. The Morgan fingerprint density at radius 3 is 2.69 bits per heavy atom. The highest BCUT2D eigenvalue weighted by Crippen LogP contribution is 2.23. The van der Waals surface area contributed by atoms with Crippen molar-refractivity contribution in [1.29, 1.82) is 0 Å². The number of likely N-dealkylation sites (N-methyl/N-ethyl adjacent to an activating group) is 1. The molecule has 138 valence electrons. The van der Waals surface area contributed by atoms with Crippen LogP contribution < -0.4 is 10.6 Å². The van der Waals surface area contributed by atoms with Crippen LogP contribution in [-0.2, 0) is 11.8 Å². The van der Waals surface area contributed by atoms with Gasteiger partial charge in [0.05, 0.1) is 4.88 Å². The average molecular weight is 374 g/mol. The van der Waals surface area contributed by atoms with Crippen molar-refractivity contribution in [3.63, 3.8) is 0 Å². The first-order valence-corrected chi connectivity index (χ1v) is 9.43. The van der Waals surface area contributed by atoms with E-state index in [9.17, 15) is 14.4 Å². The quantitative estimate of drug-likeness (QED) is 0.826. The summed E-state index contributed by atoms with van der Waals surface area (Å²) < 4.78 is 1.74. The molecule has 7 nitrogen and oxygen atoms in total. The fourth-order valence-corrected chi connectivity index (χ4v) is 3.88. The van der Waals surface area contributed by atoms with Crippen LogP contribution in [0.5, 0.6) is 0 Å². The Morgan fingerprint density at radius 2 is 2.08 bits per heavy atom.